The molecule has 1 aromatic carbocycles. The number of nitrogens with one attached hydrogen (secondary N) is 2. The van der Waals surface area contributed by atoms with Crippen molar-refractivity contribution in [3.63, 3.8) is 0 Å². The standard InChI is InChI=1S/C16H19N3O3S/c1-16(2,3)19-23(21,22)14-10-5-4-8-12(14)18-15(20)13-9-6-7-11-17-13/h4-11,19H,1-3H3,(H,18,20). The molecule has 0 radical (unpaired) electrons. The molecule has 1 amide bonds. The zero-order chi connectivity index (χ0) is 17.1. The number of rotatable bonds is 4. The minimum atomic E-state index is -3.76. The molecule has 0 saturated carbocycles. The molecule has 122 valence electrons. The van der Waals surface area contributed by atoms with E-state index in [-0.39, 0.29) is 16.3 Å². The van der Waals surface area contributed by atoms with Gasteiger partial charge in [0.15, 0.2) is 0 Å². The van der Waals surface area contributed by atoms with Crippen LogP contribution < -0.4 is 10.0 Å². The molecule has 0 unspecified atom stereocenters. The third kappa shape index (κ3) is 4.61. The fraction of sp³-hybridized carbons (Fsp3) is 0.250. The van der Waals surface area contributed by atoms with Gasteiger partial charge in [-0.1, -0.05) is 18.2 Å². The normalized spacial score (nSPS) is 12.0. The summed E-state index contributed by atoms with van der Waals surface area (Å²) in [6, 6.07) is 11.2. The number of anilines is 1. The van der Waals surface area contributed by atoms with Gasteiger partial charge >= 0.3 is 0 Å². The Morgan fingerprint density at radius 3 is 2.30 bits per heavy atom. The van der Waals surface area contributed by atoms with E-state index in [0.29, 0.717) is 0 Å². The maximum Gasteiger partial charge on any atom is 0.274 e. The second-order valence-corrected chi connectivity index (χ2v) is 7.67. The van der Waals surface area contributed by atoms with Gasteiger partial charge in [0.25, 0.3) is 5.91 Å². The van der Waals surface area contributed by atoms with E-state index < -0.39 is 21.5 Å². The topological polar surface area (TPSA) is 88.2 Å². The molecular weight excluding hydrogens is 314 g/mol. The van der Waals surface area contributed by atoms with E-state index in [0.717, 1.165) is 0 Å². The lowest BCUT2D eigenvalue weighted by molar-refractivity contribution is 0.102. The molecule has 2 aromatic rings. The molecule has 0 aliphatic heterocycles. The van der Waals surface area contributed by atoms with E-state index in [1.165, 1.54) is 18.3 Å². The molecule has 0 fully saturated rings. The van der Waals surface area contributed by atoms with Crippen LogP contribution in [0, 0.1) is 0 Å². The van der Waals surface area contributed by atoms with Gasteiger partial charge in [-0.15, -0.1) is 0 Å². The lowest BCUT2D eigenvalue weighted by Crippen LogP contribution is -2.40. The maximum atomic E-state index is 12.5. The molecule has 0 atom stereocenters. The summed E-state index contributed by atoms with van der Waals surface area (Å²) in [5, 5.41) is 2.60. The average Bonchev–Trinajstić information content (AvgIpc) is 2.46. The second kappa shape index (κ2) is 6.47. The van der Waals surface area contributed by atoms with E-state index in [2.05, 4.69) is 15.0 Å². The van der Waals surface area contributed by atoms with Gasteiger partial charge in [-0.3, -0.25) is 9.78 Å². The summed E-state index contributed by atoms with van der Waals surface area (Å²) in [5.74, 6) is -0.469. The molecule has 2 N–H and O–H groups in total. The monoisotopic (exact) mass is 333 g/mol. The van der Waals surface area contributed by atoms with Gasteiger partial charge in [-0.25, -0.2) is 13.1 Å². The van der Waals surface area contributed by atoms with Crippen LogP contribution in [0.3, 0.4) is 0 Å². The van der Waals surface area contributed by atoms with Crippen molar-refractivity contribution in [1.29, 1.82) is 0 Å². The Hall–Kier alpha value is -2.25. The third-order valence-corrected chi connectivity index (χ3v) is 4.58. The Morgan fingerprint density at radius 2 is 1.70 bits per heavy atom. The summed E-state index contributed by atoms with van der Waals surface area (Å²) in [6.45, 7) is 5.25. The Bertz CT molecular complexity index is 797. The molecule has 0 saturated heterocycles. The van der Waals surface area contributed by atoms with Crippen molar-refractivity contribution in [2.45, 2.75) is 31.2 Å². The Morgan fingerprint density at radius 1 is 1.04 bits per heavy atom. The number of aromatic nitrogens is 1. The van der Waals surface area contributed by atoms with Crippen molar-refractivity contribution in [1.82, 2.24) is 9.71 Å². The number of hydrogen-bond acceptors (Lipinski definition) is 4. The first-order valence-electron chi connectivity index (χ1n) is 7.04. The van der Waals surface area contributed by atoms with Crippen LogP contribution in [-0.2, 0) is 10.0 Å². The Kier molecular flexibility index (Phi) is 4.82. The van der Waals surface area contributed by atoms with Gasteiger partial charge in [0, 0.05) is 11.7 Å². The first-order chi connectivity index (χ1) is 10.7. The molecule has 0 bridgehead atoms. The molecule has 23 heavy (non-hydrogen) atoms. The number of carbonyl (C=O) groups excluding carboxylic acids is 1. The van der Waals surface area contributed by atoms with Gasteiger partial charge in [0.1, 0.15) is 10.6 Å². The molecule has 2 rings (SSSR count). The minimum Gasteiger partial charge on any atom is -0.319 e. The predicted molar refractivity (Wildman–Crippen MR) is 88.7 cm³/mol. The predicted octanol–water partition coefficient (Wildman–Crippen LogP) is 2.41. The first-order valence-corrected chi connectivity index (χ1v) is 8.53. The summed E-state index contributed by atoms with van der Waals surface area (Å²) in [5.41, 5.74) is -0.208. The number of nitrogens with zero attached hydrogens (tertiary/aromatic N) is 1. The average molecular weight is 333 g/mol. The van der Waals surface area contributed by atoms with Gasteiger partial charge in [0.05, 0.1) is 5.69 Å². The molecule has 6 nitrogen and oxygen atoms in total. The van der Waals surface area contributed by atoms with Crippen LogP contribution in [0.4, 0.5) is 5.69 Å². The van der Waals surface area contributed by atoms with Crippen LogP contribution in [0.25, 0.3) is 0 Å². The minimum absolute atomic E-state index is 0.0132. The smallest absolute Gasteiger partial charge is 0.274 e. The fourth-order valence-electron chi connectivity index (χ4n) is 1.95. The van der Waals surface area contributed by atoms with Crippen molar-refractivity contribution in [3.8, 4) is 0 Å². The van der Waals surface area contributed by atoms with E-state index in [1.807, 2.05) is 0 Å². The van der Waals surface area contributed by atoms with Crippen molar-refractivity contribution in [3.05, 3.63) is 54.4 Å². The third-order valence-electron chi connectivity index (χ3n) is 2.76. The molecular formula is C16H19N3O3S. The highest BCUT2D eigenvalue weighted by molar-refractivity contribution is 7.89. The van der Waals surface area contributed by atoms with Crippen LogP contribution in [0.5, 0.6) is 0 Å². The number of carbonyl (C=O) groups is 1. The van der Waals surface area contributed by atoms with Gasteiger partial charge in [0.2, 0.25) is 10.0 Å². The quantitative estimate of drug-likeness (QED) is 0.899. The van der Waals surface area contributed by atoms with Crippen molar-refractivity contribution in [2.24, 2.45) is 0 Å². The number of hydrogen-bond donors (Lipinski definition) is 2. The molecule has 1 heterocycles. The Balaban J connectivity index is 2.33. The second-order valence-electron chi connectivity index (χ2n) is 6.02. The van der Waals surface area contributed by atoms with Crippen LogP contribution in [0.2, 0.25) is 0 Å². The molecule has 0 aliphatic carbocycles. The summed E-state index contributed by atoms with van der Waals surface area (Å²) in [7, 11) is -3.76. The SMILES string of the molecule is CC(C)(C)NS(=O)(=O)c1ccccc1NC(=O)c1ccccn1. The lowest BCUT2D eigenvalue weighted by atomic mass is 10.1. The van der Waals surface area contributed by atoms with Crippen LogP contribution in [-0.4, -0.2) is 24.8 Å². The zero-order valence-electron chi connectivity index (χ0n) is 13.2. The van der Waals surface area contributed by atoms with Crippen LogP contribution >= 0.6 is 0 Å². The zero-order valence-corrected chi connectivity index (χ0v) is 14.0. The number of pyridine rings is 1. The summed E-state index contributed by atoms with van der Waals surface area (Å²) < 4.78 is 27.6. The van der Waals surface area contributed by atoms with E-state index in [9.17, 15) is 13.2 Å². The molecule has 0 aliphatic rings. The number of sulfonamides is 1. The van der Waals surface area contributed by atoms with E-state index in [4.69, 9.17) is 0 Å². The van der Waals surface area contributed by atoms with E-state index in [1.54, 1.807) is 51.1 Å². The van der Waals surface area contributed by atoms with Gasteiger partial charge < -0.3 is 5.32 Å². The molecule has 1 aromatic heterocycles. The van der Waals surface area contributed by atoms with Gasteiger partial charge in [-0.05, 0) is 45.0 Å². The maximum absolute atomic E-state index is 12.5. The summed E-state index contributed by atoms with van der Waals surface area (Å²) >= 11 is 0. The van der Waals surface area contributed by atoms with Crippen molar-refractivity contribution < 1.29 is 13.2 Å². The highest BCUT2D eigenvalue weighted by Gasteiger charge is 2.25. The fourth-order valence-corrected chi connectivity index (χ4v) is 3.53. The Labute approximate surface area is 136 Å². The number of para-hydroxylation sites is 1. The highest BCUT2D eigenvalue weighted by Crippen LogP contribution is 2.22. The highest BCUT2D eigenvalue weighted by atomic mass is 32.2. The molecule has 0 spiro atoms. The summed E-state index contributed by atoms with van der Waals surface area (Å²) in [4.78, 5) is 16.2. The molecule has 7 heteroatoms. The van der Waals surface area contributed by atoms with E-state index >= 15 is 0 Å². The van der Waals surface area contributed by atoms with Crippen LogP contribution in [0.15, 0.2) is 53.6 Å². The number of benzene rings is 1. The van der Waals surface area contributed by atoms with Crippen LogP contribution in [0.1, 0.15) is 31.3 Å². The largest absolute Gasteiger partial charge is 0.319 e. The number of amides is 1. The van der Waals surface area contributed by atoms with Gasteiger partial charge in [-0.2, -0.15) is 0 Å². The summed E-state index contributed by atoms with van der Waals surface area (Å²) in [6.07, 6.45) is 1.50. The lowest BCUT2D eigenvalue weighted by Gasteiger charge is -2.21. The van der Waals surface area contributed by atoms with Crippen molar-refractivity contribution in [2.75, 3.05) is 5.32 Å². The van der Waals surface area contributed by atoms with Crippen molar-refractivity contribution >= 4 is 21.6 Å². The first kappa shape index (κ1) is 17.1.